The average molecular weight is 370 g/mol. The smallest absolute Gasteiger partial charge is 0.417 e. The minimum absolute atomic E-state index is 0.00315. The van der Waals surface area contributed by atoms with Gasteiger partial charge in [0.25, 0.3) is 0 Å². The van der Waals surface area contributed by atoms with Gasteiger partial charge in [-0.3, -0.25) is 4.79 Å². The number of hydrogen-bond acceptors (Lipinski definition) is 2. The average Bonchev–Trinajstić information content (AvgIpc) is 3.07. The number of rotatable bonds is 3. The zero-order chi connectivity index (χ0) is 13.3. The van der Waals surface area contributed by atoms with Crippen LogP contribution in [0.25, 0.3) is 0 Å². The molecule has 6 heteroatoms. The van der Waals surface area contributed by atoms with E-state index in [0.29, 0.717) is 0 Å². The summed E-state index contributed by atoms with van der Waals surface area (Å²) >= 11 is 1.63. The molecule has 0 atom stereocenters. The third-order valence-electron chi connectivity index (χ3n) is 2.66. The maximum Gasteiger partial charge on any atom is 0.417 e. The number of halogens is 4. The molecule has 0 spiro atoms. The molecule has 18 heavy (non-hydrogen) atoms. The molecule has 1 aromatic carbocycles. The van der Waals surface area contributed by atoms with Gasteiger partial charge < -0.3 is 4.74 Å². The number of hydrogen-bond donors (Lipinski definition) is 0. The molecular formula is C12H10F3IO2. The minimum Gasteiger partial charge on any atom is -0.461 e. The van der Waals surface area contributed by atoms with Gasteiger partial charge in [-0.05, 0) is 41.5 Å². The number of carbonyl (C=O) groups excluding carboxylic acids is 1. The zero-order valence-corrected chi connectivity index (χ0v) is 11.4. The van der Waals surface area contributed by atoms with Gasteiger partial charge in [-0.25, -0.2) is 0 Å². The van der Waals surface area contributed by atoms with E-state index in [4.69, 9.17) is 4.74 Å². The number of esters is 1. The van der Waals surface area contributed by atoms with Crippen LogP contribution in [0.2, 0.25) is 0 Å². The van der Waals surface area contributed by atoms with E-state index in [-0.39, 0.29) is 21.7 Å². The molecule has 1 aliphatic rings. The van der Waals surface area contributed by atoms with Gasteiger partial charge >= 0.3 is 12.1 Å². The highest BCUT2D eigenvalue weighted by Gasteiger charge is 2.36. The van der Waals surface area contributed by atoms with Crippen LogP contribution in [-0.4, -0.2) is 5.97 Å². The third kappa shape index (κ3) is 3.15. The highest BCUT2D eigenvalue weighted by molar-refractivity contribution is 14.1. The minimum atomic E-state index is -4.43. The van der Waals surface area contributed by atoms with E-state index >= 15 is 0 Å². The highest BCUT2D eigenvalue weighted by Crippen LogP contribution is 2.36. The van der Waals surface area contributed by atoms with E-state index in [1.807, 2.05) is 0 Å². The lowest BCUT2D eigenvalue weighted by atomic mass is 10.1. The van der Waals surface area contributed by atoms with Gasteiger partial charge in [0.05, 0.1) is 11.5 Å². The summed E-state index contributed by atoms with van der Waals surface area (Å²) in [5, 5.41) is 0. The van der Waals surface area contributed by atoms with Gasteiger partial charge in [-0.15, -0.1) is 0 Å². The number of alkyl halides is 3. The van der Waals surface area contributed by atoms with Crippen LogP contribution >= 0.6 is 22.6 Å². The topological polar surface area (TPSA) is 26.3 Å². The molecule has 0 radical (unpaired) electrons. The molecule has 0 N–H and O–H groups in total. The quantitative estimate of drug-likeness (QED) is 0.598. The van der Waals surface area contributed by atoms with Crippen LogP contribution in [-0.2, 0) is 22.3 Å². The van der Waals surface area contributed by atoms with E-state index in [2.05, 4.69) is 0 Å². The van der Waals surface area contributed by atoms with Crippen LogP contribution in [0.5, 0.6) is 0 Å². The van der Waals surface area contributed by atoms with Crippen LogP contribution < -0.4 is 0 Å². The maximum atomic E-state index is 12.9. The second-order valence-corrected chi connectivity index (χ2v) is 5.32. The van der Waals surface area contributed by atoms with Gasteiger partial charge in [0.2, 0.25) is 0 Å². The van der Waals surface area contributed by atoms with E-state index < -0.39 is 17.7 Å². The molecule has 0 aromatic heterocycles. The Kier molecular flexibility index (Phi) is 3.84. The standard InChI is InChI=1S/C12H10F3IO2/c13-12(14,15)10-8(2-1-3-9(10)16)6-18-11(17)7-4-5-7/h1-3,7H,4-6H2. The molecule has 1 fully saturated rings. The fourth-order valence-electron chi connectivity index (χ4n) is 1.59. The van der Waals surface area contributed by atoms with E-state index in [1.54, 1.807) is 22.6 Å². The Balaban J connectivity index is 2.16. The Morgan fingerprint density at radius 3 is 2.61 bits per heavy atom. The van der Waals surface area contributed by atoms with Crippen molar-refractivity contribution >= 4 is 28.6 Å². The van der Waals surface area contributed by atoms with Gasteiger partial charge in [0.15, 0.2) is 0 Å². The van der Waals surface area contributed by atoms with E-state index in [9.17, 15) is 18.0 Å². The zero-order valence-electron chi connectivity index (χ0n) is 9.26. The second kappa shape index (κ2) is 5.07. The molecule has 2 nitrogen and oxygen atoms in total. The summed E-state index contributed by atoms with van der Waals surface area (Å²) in [4.78, 5) is 11.3. The van der Waals surface area contributed by atoms with E-state index in [0.717, 1.165) is 12.8 Å². The predicted octanol–water partition coefficient (Wildman–Crippen LogP) is 3.76. The van der Waals surface area contributed by atoms with Crippen molar-refractivity contribution in [2.24, 2.45) is 5.92 Å². The Hall–Kier alpha value is -0.790. The third-order valence-corrected chi connectivity index (χ3v) is 3.56. The first kappa shape index (κ1) is 13.6. The van der Waals surface area contributed by atoms with Crippen LogP contribution in [0.15, 0.2) is 18.2 Å². The van der Waals surface area contributed by atoms with Gasteiger partial charge in [0.1, 0.15) is 6.61 Å². The predicted molar refractivity (Wildman–Crippen MR) is 66.7 cm³/mol. The monoisotopic (exact) mass is 370 g/mol. The van der Waals surface area contributed by atoms with Crippen LogP contribution in [0.1, 0.15) is 24.0 Å². The molecule has 0 aliphatic heterocycles. The van der Waals surface area contributed by atoms with Gasteiger partial charge in [0, 0.05) is 9.13 Å². The summed E-state index contributed by atoms with van der Waals surface area (Å²) in [5.41, 5.74) is -0.711. The van der Waals surface area contributed by atoms with Gasteiger partial charge in [-0.2, -0.15) is 13.2 Å². The molecule has 0 amide bonds. The van der Waals surface area contributed by atoms with Crippen molar-refractivity contribution < 1.29 is 22.7 Å². The molecule has 0 bridgehead atoms. The van der Waals surface area contributed by atoms with Crippen molar-refractivity contribution in [2.75, 3.05) is 0 Å². The lowest BCUT2D eigenvalue weighted by molar-refractivity contribution is -0.149. The molecule has 1 saturated carbocycles. The summed E-state index contributed by atoms with van der Waals surface area (Å²) in [6.45, 7) is -0.318. The highest BCUT2D eigenvalue weighted by atomic mass is 127. The van der Waals surface area contributed by atoms with Crippen LogP contribution in [0.3, 0.4) is 0 Å². The summed E-state index contributed by atoms with van der Waals surface area (Å²) < 4.78 is 43.6. The molecule has 1 aliphatic carbocycles. The second-order valence-electron chi connectivity index (χ2n) is 4.15. The molecule has 0 saturated heterocycles. The number of ether oxygens (including phenoxy) is 1. The molecule has 98 valence electrons. The fraction of sp³-hybridized carbons (Fsp3) is 0.417. The fourth-order valence-corrected chi connectivity index (χ4v) is 2.45. The molecule has 2 rings (SSSR count). The SMILES string of the molecule is O=C(OCc1cccc(I)c1C(F)(F)F)C1CC1. The lowest BCUT2D eigenvalue weighted by Gasteiger charge is -2.14. The van der Waals surface area contributed by atoms with Crippen molar-refractivity contribution in [3.63, 3.8) is 0 Å². The summed E-state index contributed by atoms with van der Waals surface area (Å²) in [5.74, 6) is -0.510. The summed E-state index contributed by atoms with van der Waals surface area (Å²) in [6.07, 6.45) is -2.88. The molecule has 0 heterocycles. The Morgan fingerprint density at radius 2 is 2.06 bits per heavy atom. The van der Waals surface area contributed by atoms with Crippen LogP contribution in [0.4, 0.5) is 13.2 Å². The molecular weight excluding hydrogens is 360 g/mol. The largest absolute Gasteiger partial charge is 0.461 e. The maximum absolute atomic E-state index is 12.9. The van der Waals surface area contributed by atoms with Crippen molar-refractivity contribution in [1.29, 1.82) is 0 Å². The number of benzene rings is 1. The Labute approximate surface area is 116 Å². The molecule has 1 aromatic rings. The first-order valence-electron chi connectivity index (χ1n) is 5.41. The first-order valence-corrected chi connectivity index (χ1v) is 6.48. The Morgan fingerprint density at radius 1 is 1.39 bits per heavy atom. The summed E-state index contributed by atoms with van der Waals surface area (Å²) in [6, 6.07) is 4.25. The van der Waals surface area contributed by atoms with E-state index in [1.165, 1.54) is 18.2 Å². The summed E-state index contributed by atoms with van der Waals surface area (Å²) in [7, 11) is 0. The Bertz CT molecular complexity index is 467. The van der Waals surface area contributed by atoms with Gasteiger partial charge in [-0.1, -0.05) is 12.1 Å². The lowest BCUT2D eigenvalue weighted by Crippen LogP contribution is -2.14. The number of carbonyl (C=O) groups is 1. The van der Waals surface area contributed by atoms with Crippen molar-refractivity contribution in [1.82, 2.24) is 0 Å². The van der Waals surface area contributed by atoms with Crippen molar-refractivity contribution in [3.8, 4) is 0 Å². The normalized spacial score (nSPS) is 15.6. The van der Waals surface area contributed by atoms with Crippen molar-refractivity contribution in [2.45, 2.75) is 25.6 Å². The molecule has 0 unspecified atom stereocenters. The first-order chi connectivity index (χ1) is 8.39. The van der Waals surface area contributed by atoms with Crippen LogP contribution in [0, 0.1) is 9.49 Å². The van der Waals surface area contributed by atoms with Crippen molar-refractivity contribution in [3.05, 3.63) is 32.9 Å².